The maximum atomic E-state index is 10.0. The molecule has 0 saturated carbocycles. The van der Waals surface area contributed by atoms with Crippen LogP contribution in [-0.4, -0.2) is 44.6 Å². The molecule has 0 unspecified atom stereocenters. The number of amides is 1. The molecule has 0 heterocycles. The zero-order chi connectivity index (χ0) is 10.9. The largest absolute Gasteiger partial charge is 0.358 e. The summed E-state index contributed by atoms with van der Waals surface area (Å²) in [5.74, 6) is 0. The number of unbranched alkanes of at least 4 members (excludes halogenated alkanes) is 2. The molecule has 0 aromatic carbocycles. The molecule has 0 aliphatic heterocycles. The fraction of sp³-hybridized carbons (Fsp3) is 0.909. The molecule has 3 nitrogen and oxygen atoms in total. The first-order chi connectivity index (χ1) is 6.62. The van der Waals surface area contributed by atoms with Crippen molar-refractivity contribution in [1.82, 2.24) is 5.32 Å². The van der Waals surface area contributed by atoms with Gasteiger partial charge in [-0.3, -0.25) is 4.79 Å². The summed E-state index contributed by atoms with van der Waals surface area (Å²) < 4.78 is 1.07. The van der Waals surface area contributed by atoms with E-state index in [4.69, 9.17) is 0 Å². The Morgan fingerprint density at radius 2 is 1.79 bits per heavy atom. The molecule has 0 rings (SSSR count). The van der Waals surface area contributed by atoms with E-state index < -0.39 is 0 Å². The highest BCUT2D eigenvalue weighted by molar-refractivity contribution is 5.45. The number of carbonyl (C=O) groups is 1. The summed E-state index contributed by atoms with van der Waals surface area (Å²) in [6, 6.07) is 0. The average molecular weight is 201 g/mol. The normalized spacial score (nSPS) is 11.4. The standard InChI is InChI=1S/C11H24N2O/c1-4-5-6-9-13(2,3)10-7-8-12-11-14/h11H,4-10H2,1-3H3/p+1. The molecule has 0 saturated heterocycles. The van der Waals surface area contributed by atoms with Crippen molar-refractivity contribution in [2.75, 3.05) is 33.7 Å². The van der Waals surface area contributed by atoms with E-state index >= 15 is 0 Å². The Kier molecular flexibility index (Phi) is 7.48. The van der Waals surface area contributed by atoms with Crippen LogP contribution in [0.5, 0.6) is 0 Å². The topological polar surface area (TPSA) is 29.1 Å². The lowest BCUT2D eigenvalue weighted by Gasteiger charge is -2.29. The van der Waals surface area contributed by atoms with Gasteiger partial charge in [-0.15, -0.1) is 0 Å². The first-order valence-corrected chi connectivity index (χ1v) is 5.61. The molecule has 1 amide bonds. The second-order valence-corrected chi connectivity index (χ2v) is 4.52. The van der Waals surface area contributed by atoms with Crippen molar-refractivity contribution in [2.45, 2.75) is 32.6 Å². The number of hydrogen-bond acceptors (Lipinski definition) is 1. The molecule has 3 heteroatoms. The lowest BCUT2D eigenvalue weighted by atomic mass is 10.2. The van der Waals surface area contributed by atoms with Crippen LogP contribution in [0.25, 0.3) is 0 Å². The minimum Gasteiger partial charge on any atom is -0.358 e. The third-order valence-corrected chi connectivity index (χ3v) is 2.53. The zero-order valence-corrected chi connectivity index (χ0v) is 9.88. The fourth-order valence-electron chi connectivity index (χ4n) is 1.57. The number of quaternary nitrogens is 1. The van der Waals surface area contributed by atoms with Crippen LogP contribution in [0.2, 0.25) is 0 Å². The number of hydrogen-bond donors (Lipinski definition) is 1. The first kappa shape index (κ1) is 13.4. The molecule has 0 atom stereocenters. The molecular formula is C11H25N2O+. The molecule has 1 N–H and O–H groups in total. The Labute approximate surface area is 88.1 Å². The van der Waals surface area contributed by atoms with Gasteiger partial charge >= 0.3 is 0 Å². The summed E-state index contributed by atoms with van der Waals surface area (Å²) in [5.41, 5.74) is 0. The number of nitrogens with one attached hydrogen (secondary N) is 1. The van der Waals surface area contributed by atoms with E-state index in [1.165, 1.54) is 25.8 Å². The summed E-state index contributed by atoms with van der Waals surface area (Å²) in [5, 5.41) is 2.70. The van der Waals surface area contributed by atoms with Gasteiger partial charge in [0.1, 0.15) is 0 Å². The third-order valence-electron chi connectivity index (χ3n) is 2.53. The molecule has 0 spiro atoms. The highest BCUT2D eigenvalue weighted by Crippen LogP contribution is 2.04. The van der Waals surface area contributed by atoms with Crippen LogP contribution in [0.15, 0.2) is 0 Å². The first-order valence-electron chi connectivity index (χ1n) is 5.61. The quantitative estimate of drug-likeness (QED) is 0.341. The van der Waals surface area contributed by atoms with E-state index in [9.17, 15) is 4.79 Å². The summed E-state index contributed by atoms with van der Waals surface area (Å²) in [6.07, 6.45) is 5.76. The molecule has 0 fully saturated rings. The SMILES string of the molecule is CCCCC[N+](C)(C)CCCNC=O. The van der Waals surface area contributed by atoms with Crippen molar-refractivity contribution in [3.05, 3.63) is 0 Å². The third kappa shape index (κ3) is 8.05. The van der Waals surface area contributed by atoms with Gasteiger partial charge in [-0.2, -0.15) is 0 Å². The van der Waals surface area contributed by atoms with Crippen LogP contribution in [0.3, 0.4) is 0 Å². The second-order valence-electron chi connectivity index (χ2n) is 4.52. The predicted octanol–water partition coefficient (Wildman–Crippen LogP) is 1.39. The van der Waals surface area contributed by atoms with Crippen LogP contribution in [0.1, 0.15) is 32.6 Å². The summed E-state index contributed by atoms with van der Waals surface area (Å²) >= 11 is 0. The lowest BCUT2D eigenvalue weighted by molar-refractivity contribution is -0.890. The Balaban J connectivity index is 3.45. The van der Waals surface area contributed by atoms with Crippen LogP contribution in [-0.2, 0) is 4.79 Å². The van der Waals surface area contributed by atoms with Gasteiger partial charge in [0.2, 0.25) is 6.41 Å². The van der Waals surface area contributed by atoms with E-state index in [-0.39, 0.29) is 0 Å². The summed E-state index contributed by atoms with van der Waals surface area (Å²) in [7, 11) is 4.52. The lowest BCUT2D eigenvalue weighted by Crippen LogP contribution is -2.42. The van der Waals surface area contributed by atoms with E-state index in [2.05, 4.69) is 26.3 Å². The van der Waals surface area contributed by atoms with Gasteiger partial charge in [0.15, 0.2) is 0 Å². The van der Waals surface area contributed by atoms with Crippen LogP contribution in [0, 0.1) is 0 Å². The van der Waals surface area contributed by atoms with Gasteiger partial charge in [0, 0.05) is 13.0 Å². The highest BCUT2D eigenvalue weighted by atomic mass is 16.1. The van der Waals surface area contributed by atoms with Crippen LogP contribution < -0.4 is 5.32 Å². The van der Waals surface area contributed by atoms with Crippen molar-refractivity contribution < 1.29 is 9.28 Å². The monoisotopic (exact) mass is 201 g/mol. The minimum absolute atomic E-state index is 0.775. The maximum Gasteiger partial charge on any atom is 0.207 e. The van der Waals surface area contributed by atoms with Gasteiger partial charge in [0.05, 0.1) is 27.2 Å². The van der Waals surface area contributed by atoms with E-state index in [1.807, 2.05) is 0 Å². The Bertz CT molecular complexity index is 146. The zero-order valence-electron chi connectivity index (χ0n) is 9.88. The fourth-order valence-corrected chi connectivity index (χ4v) is 1.57. The molecule has 0 aliphatic carbocycles. The summed E-state index contributed by atoms with van der Waals surface area (Å²) in [6.45, 7) is 5.42. The minimum atomic E-state index is 0.775. The Morgan fingerprint density at radius 3 is 2.36 bits per heavy atom. The smallest absolute Gasteiger partial charge is 0.207 e. The molecular weight excluding hydrogens is 176 g/mol. The van der Waals surface area contributed by atoms with Gasteiger partial charge in [-0.1, -0.05) is 13.3 Å². The van der Waals surface area contributed by atoms with Crippen molar-refractivity contribution in [3.63, 3.8) is 0 Å². The van der Waals surface area contributed by atoms with Crippen molar-refractivity contribution in [2.24, 2.45) is 0 Å². The Morgan fingerprint density at radius 1 is 1.14 bits per heavy atom. The van der Waals surface area contributed by atoms with E-state index in [0.29, 0.717) is 0 Å². The van der Waals surface area contributed by atoms with Crippen molar-refractivity contribution in [1.29, 1.82) is 0 Å². The second kappa shape index (κ2) is 7.80. The molecule has 0 aliphatic rings. The van der Waals surface area contributed by atoms with Gasteiger partial charge < -0.3 is 9.80 Å². The Hall–Kier alpha value is -0.570. The summed E-state index contributed by atoms with van der Waals surface area (Å²) in [4.78, 5) is 10.0. The average Bonchev–Trinajstić information content (AvgIpc) is 2.13. The molecule has 0 bridgehead atoms. The molecule has 0 aromatic heterocycles. The molecule has 0 radical (unpaired) electrons. The van der Waals surface area contributed by atoms with E-state index in [0.717, 1.165) is 30.4 Å². The van der Waals surface area contributed by atoms with Gasteiger partial charge in [0.25, 0.3) is 0 Å². The van der Waals surface area contributed by atoms with Crippen molar-refractivity contribution >= 4 is 6.41 Å². The molecule has 0 aromatic rings. The molecule has 14 heavy (non-hydrogen) atoms. The van der Waals surface area contributed by atoms with Crippen LogP contribution >= 0.6 is 0 Å². The van der Waals surface area contributed by atoms with Gasteiger partial charge in [-0.25, -0.2) is 0 Å². The number of carbonyl (C=O) groups excluding carboxylic acids is 1. The highest BCUT2D eigenvalue weighted by Gasteiger charge is 2.12. The molecule has 84 valence electrons. The van der Waals surface area contributed by atoms with Gasteiger partial charge in [-0.05, 0) is 12.8 Å². The number of nitrogens with zero attached hydrogens (tertiary/aromatic N) is 1. The van der Waals surface area contributed by atoms with Crippen molar-refractivity contribution in [3.8, 4) is 0 Å². The predicted molar refractivity (Wildman–Crippen MR) is 60.1 cm³/mol. The maximum absolute atomic E-state index is 10.0. The van der Waals surface area contributed by atoms with Crippen LogP contribution in [0.4, 0.5) is 0 Å². The number of rotatable bonds is 9. The van der Waals surface area contributed by atoms with E-state index in [1.54, 1.807) is 0 Å².